The quantitative estimate of drug-likeness (QED) is 0.908. The molecule has 0 saturated heterocycles. The first-order chi connectivity index (χ1) is 9.61. The summed E-state index contributed by atoms with van der Waals surface area (Å²) in [5.41, 5.74) is 1.56. The number of nitrogens with one attached hydrogen (secondary N) is 1. The molecule has 2 aromatic rings. The van der Waals surface area contributed by atoms with Crippen molar-refractivity contribution in [3.05, 3.63) is 52.3 Å². The number of hydrogen-bond acceptors (Lipinski definition) is 2. The van der Waals surface area contributed by atoms with Crippen LogP contribution in [0.3, 0.4) is 0 Å². The van der Waals surface area contributed by atoms with Crippen LogP contribution in [-0.4, -0.2) is 29.4 Å². The maximum absolute atomic E-state index is 12.3. The van der Waals surface area contributed by atoms with Crippen molar-refractivity contribution < 1.29 is 9.53 Å². The van der Waals surface area contributed by atoms with Crippen molar-refractivity contribution in [1.82, 2.24) is 9.88 Å². The highest BCUT2D eigenvalue weighted by Gasteiger charge is 2.15. The molecule has 0 radical (unpaired) electrons. The number of carbonyl (C=O) groups excluding carboxylic acids is 1. The molecule has 5 heteroatoms. The average molecular weight is 337 g/mol. The second-order valence-electron chi connectivity index (χ2n) is 4.43. The van der Waals surface area contributed by atoms with Gasteiger partial charge in [0.15, 0.2) is 0 Å². The van der Waals surface area contributed by atoms with E-state index in [4.69, 9.17) is 4.74 Å². The Balaban J connectivity index is 2.11. The summed E-state index contributed by atoms with van der Waals surface area (Å²) in [6, 6.07) is 9.54. The Morgan fingerprint density at radius 3 is 2.80 bits per heavy atom. The molecule has 0 saturated carbocycles. The molecule has 0 aliphatic carbocycles. The maximum Gasteiger partial charge on any atom is 0.270 e. The summed E-state index contributed by atoms with van der Waals surface area (Å²) in [6.45, 7) is 3.06. The van der Waals surface area contributed by atoms with Crippen molar-refractivity contribution in [3.63, 3.8) is 0 Å². The van der Waals surface area contributed by atoms with Crippen molar-refractivity contribution in [2.24, 2.45) is 0 Å². The zero-order valence-corrected chi connectivity index (χ0v) is 13.1. The largest absolute Gasteiger partial charge is 0.494 e. The van der Waals surface area contributed by atoms with Crippen molar-refractivity contribution in [1.29, 1.82) is 0 Å². The summed E-state index contributed by atoms with van der Waals surface area (Å²) in [4.78, 5) is 16.9. The van der Waals surface area contributed by atoms with Crippen LogP contribution < -0.4 is 4.74 Å². The van der Waals surface area contributed by atoms with Crippen molar-refractivity contribution in [2.45, 2.75) is 13.5 Å². The second-order valence-corrected chi connectivity index (χ2v) is 5.35. The fourth-order valence-corrected chi connectivity index (χ4v) is 2.30. The van der Waals surface area contributed by atoms with Crippen molar-refractivity contribution in [3.8, 4) is 5.75 Å². The molecule has 1 N–H and O–H groups in total. The highest BCUT2D eigenvalue weighted by atomic mass is 79.9. The third-order valence-corrected chi connectivity index (χ3v) is 3.36. The predicted molar refractivity (Wildman–Crippen MR) is 81.9 cm³/mol. The van der Waals surface area contributed by atoms with Crippen LogP contribution >= 0.6 is 15.9 Å². The normalized spacial score (nSPS) is 10.3. The zero-order chi connectivity index (χ0) is 14.5. The summed E-state index contributed by atoms with van der Waals surface area (Å²) in [5.74, 6) is 0.768. The zero-order valence-electron chi connectivity index (χ0n) is 11.5. The van der Waals surface area contributed by atoms with E-state index in [1.165, 1.54) is 0 Å². The number of benzene rings is 1. The third kappa shape index (κ3) is 3.42. The van der Waals surface area contributed by atoms with Crippen LogP contribution in [0.25, 0.3) is 0 Å². The molecule has 0 unspecified atom stereocenters. The summed E-state index contributed by atoms with van der Waals surface area (Å²) in [6.07, 6.45) is 1.75. The molecule has 0 atom stereocenters. The number of aromatic amines is 1. The molecular formula is C15H17BrN2O2. The van der Waals surface area contributed by atoms with E-state index in [0.29, 0.717) is 18.8 Å². The van der Waals surface area contributed by atoms with E-state index < -0.39 is 0 Å². The molecule has 1 amide bonds. The summed E-state index contributed by atoms with van der Waals surface area (Å²) in [5, 5.41) is 0. The van der Waals surface area contributed by atoms with Gasteiger partial charge in [0, 0.05) is 29.8 Å². The van der Waals surface area contributed by atoms with Gasteiger partial charge in [-0.15, -0.1) is 0 Å². The minimum atomic E-state index is -0.0537. The highest BCUT2D eigenvalue weighted by Crippen LogP contribution is 2.20. The molecule has 0 spiro atoms. The molecule has 4 nitrogen and oxygen atoms in total. The highest BCUT2D eigenvalue weighted by molar-refractivity contribution is 9.10. The summed E-state index contributed by atoms with van der Waals surface area (Å²) < 4.78 is 6.44. The number of carbonyl (C=O) groups is 1. The first-order valence-electron chi connectivity index (χ1n) is 6.42. The Labute approximate surface area is 126 Å². The summed E-state index contributed by atoms with van der Waals surface area (Å²) in [7, 11) is 1.78. The molecule has 20 heavy (non-hydrogen) atoms. The lowest BCUT2D eigenvalue weighted by Gasteiger charge is -2.18. The number of ether oxygens (including phenoxy) is 1. The standard InChI is InChI=1S/C15H17BrN2O2/c1-3-20-14-7-5-4-6-11(14)10-18(2)15(19)13-8-12(16)9-17-13/h4-9,17H,3,10H2,1-2H3. The van der Waals surface area contributed by atoms with E-state index in [0.717, 1.165) is 15.8 Å². The fraction of sp³-hybridized carbons (Fsp3) is 0.267. The van der Waals surface area contributed by atoms with Crippen LogP contribution in [0.5, 0.6) is 5.75 Å². The Hall–Kier alpha value is -1.75. The Bertz CT molecular complexity index is 595. The number of aromatic nitrogens is 1. The molecule has 106 valence electrons. The van der Waals surface area contributed by atoms with Gasteiger partial charge in [-0.1, -0.05) is 18.2 Å². The minimum Gasteiger partial charge on any atom is -0.494 e. The van der Waals surface area contributed by atoms with E-state index in [2.05, 4.69) is 20.9 Å². The monoisotopic (exact) mass is 336 g/mol. The lowest BCUT2D eigenvalue weighted by atomic mass is 10.2. The number of amides is 1. The third-order valence-electron chi connectivity index (χ3n) is 2.90. The van der Waals surface area contributed by atoms with Crippen LogP contribution in [0, 0.1) is 0 Å². The van der Waals surface area contributed by atoms with Gasteiger partial charge in [-0.05, 0) is 35.0 Å². The molecule has 2 rings (SSSR count). The van der Waals surface area contributed by atoms with Gasteiger partial charge < -0.3 is 14.6 Å². The molecule has 0 aliphatic rings. The van der Waals surface area contributed by atoms with E-state index >= 15 is 0 Å². The van der Waals surface area contributed by atoms with Gasteiger partial charge in [-0.3, -0.25) is 4.79 Å². The number of halogens is 1. The van der Waals surface area contributed by atoms with Crippen LogP contribution in [0.2, 0.25) is 0 Å². The number of hydrogen-bond donors (Lipinski definition) is 1. The molecule has 0 bridgehead atoms. The van der Waals surface area contributed by atoms with Gasteiger partial charge in [0.1, 0.15) is 11.4 Å². The Kier molecular flexibility index (Phi) is 4.84. The Morgan fingerprint density at radius 1 is 1.40 bits per heavy atom. The smallest absolute Gasteiger partial charge is 0.270 e. The first-order valence-corrected chi connectivity index (χ1v) is 7.21. The van der Waals surface area contributed by atoms with Gasteiger partial charge in [0.05, 0.1) is 6.61 Å². The molecular weight excluding hydrogens is 320 g/mol. The molecule has 1 aromatic heterocycles. The maximum atomic E-state index is 12.3. The van der Waals surface area contributed by atoms with Gasteiger partial charge in [-0.2, -0.15) is 0 Å². The molecule has 0 fully saturated rings. The van der Waals surface area contributed by atoms with E-state index in [1.54, 1.807) is 24.2 Å². The number of rotatable bonds is 5. The lowest BCUT2D eigenvalue weighted by molar-refractivity contribution is 0.0779. The fourth-order valence-electron chi connectivity index (χ4n) is 1.96. The number of nitrogens with zero attached hydrogens (tertiary/aromatic N) is 1. The van der Waals surface area contributed by atoms with Crippen LogP contribution in [0.1, 0.15) is 23.0 Å². The van der Waals surface area contributed by atoms with Crippen molar-refractivity contribution >= 4 is 21.8 Å². The van der Waals surface area contributed by atoms with E-state index in [-0.39, 0.29) is 5.91 Å². The van der Waals surface area contributed by atoms with Crippen LogP contribution in [-0.2, 0) is 6.54 Å². The average Bonchev–Trinajstić information content (AvgIpc) is 2.87. The molecule has 1 aromatic carbocycles. The van der Waals surface area contributed by atoms with E-state index in [1.807, 2.05) is 31.2 Å². The first kappa shape index (κ1) is 14.7. The SMILES string of the molecule is CCOc1ccccc1CN(C)C(=O)c1cc(Br)c[nH]1. The molecule has 1 heterocycles. The van der Waals surface area contributed by atoms with Gasteiger partial charge in [0.2, 0.25) is 0 Å². The molecule has 0 aliphatic heterocycles. The summed E-state index contributed by atoms with van der Waals surface area (Å²) >= 11 is 3.33. The topological polar surface area (TPSA) is 45.3 Å². The van der Waals surface area contributed by atoms with Crippen molar-refractivity contribution in [2.75, 3.05) is 13.7 Å². The van der Waals surface area contributed by atoms with E-state index in [9.17, 15) is 4.79 Å². The predicted octanol–water partition coefficient (Wildman–Crippen LogP) is 3.45. The van der Waals surface area contributed by atoms with Gasteiger partial charge >= 0.3 is 0 Å². The van der Waals surface area contributed by atoms with Gasteiger partial charge in [0.25, 0.3) is 5.91 Å². The Morgan fingerprint density at radius 2 is 2.15 bits per heavy atom. The number of H-pyrrole nitrogens is 1. The lowest BCUT2D eigenvalue weighted by Crippen LogP contribution is -2.26. The van der Waals surface area contributed by atoms with Crippen LogP contribution in [0.15, 0.2) is 41.0 Å². The van der Waals surface area contributed by atoms with Crippen LogP contribution in [0.4, 0.5) is 0 Å². The number of para-hydroxylation sites is 1. The minimum absolute atomic E-state index is 0.0537. The van der Waals surface area contributed by atoms with Gasteiger partial charge in [-0.25, -0.2) is 0 Å². The second kappa shape index (κ2) is 6.61.